The van der Waals surface area contributed by atoms with E-state index in [4.69, 9.17) is 9.73 Å². The largest absolute Gasteiger partial charge is 0.469 e. The van der Waals surface area contributed by atoms with Crippen molar-refractivity contribution in [2.24, 2.45) is 4.99 Å². The monoisotopic (exact) mass is 438 g/mol. The lowest BCUT2D eigenvalue weighted by Crippen LogP contribution is -2.12. The summed E-state index contributed by atoms with van der Waals surface area (Å²) in [5.41, 5.74) is 4.17. The number of esters is 1. The molecule has 1 aliphatic heterocycles. The van der Waals surface area contributed by atoms with Crippen LogP contribution in [0.2, 0.25) is 0 Å². The summed E-state index contributed by atoms with van der Waals surface area (Å²) in [6.45, 7) is 9.21. The highest BCUT2D eigenvalue weighted by Gasteiger charge is 2.32. The van der Waals surface area contributed by atoms with Gasteiger partial charge in [-0.25, -0.2) is 0 Å². The van der Waals surface area contributed by atoms with Crippen LogP contribution in [0.4, 0.5) is 0 Å². The Balaban J connectivity index is 0.000000628. The average Bonchev–Trinajstić information content (AvgIpc) is 3.20. The van der Waals surface area contributed by atoms with Gasteiger partial charge in [0, 0.05) is 16.0 Å². The van der Waals surface area contributed by atoms with Crippen molar-refractivity contribution >= 4 is 28.8 Å². The summed E-state index contributed by atoms with van der Waals surface area (Å²) in [7, 11) is 1.39. The third-order valence-corrected chi connectivity index (χ3v) is 6.07. The van der Waals surface area contributed by atoms with Crippen LogP contribution in [-0.2, 0) is 14.3 Å². The van der Waals surface area contributed by atoms with Crippen molar-refractivity contribution in [3.63, 3.8) is 0 Å². The molecule has 1 aromatic carbocycles. The zero-order valence-electron chi connectivity index (χ0n) is 18.6. The average molecular weight is 439 g/mol. The van der Waals surface area contributed by atoms with Crippen LogP contribution in [0.3, 0.4) is 0 Å². The lowest BCUT2D eigenvalue weighted by Gasteiger charge is -2.11. The first-order chi connectivity index (χ1) is 14.7. The Labute approximate surface area is 185 Å². The Morgan fingerprint density at radius 1 is 1.10 bits per heavy atom. The molecule has 0 radical (unpaired) electrons. The number of thiophene rings is 1. The summed E-state index contributed by atoms with van der Waals surface area (Å²) in [5.74, 6) is 1.31. The van der Waals surface area contributed by atoms with E-state index in [1.165, 1.54) is 31.4 Å². The normalized spacial score (nSPS) is 14.4. The maximum absolute atomic E-state index is 12.0. The molecule has 162 valence electrons. The maximum Gasteiger partial charge on any atom is 0.308 e. The molecule has 0 unspecified atom stereocenters. The van der Waals surface area contributed by atoms with Gasteiger partial charge in [0.2, 0.25) is 0 Å². The van der Waals surface area contributed by atoms with Gasteiger partial charge in [-0.15, -0.1) is 21.5 Å². The van der Waals surface area contributed by atoms with Gasteiger partial charge in [-0.05, 0) is 40.2 Å². The van der Waals surface area contributed by atoms with Crippen LogP contribution in [0, 0.1) is 20.8 Å². The second kappa shape index (κ2) is 9.34. The fourth-order valence-corrected chi connectivity index (χ4v) is 4.58. The van der Waals surface area contributed by atoms with Crippen LogP contribution >= 0.6 is 11.3 Å². The Kier molecular flexibility index (Phi) is 6.80. The van der Waals surface area contributed by atoms with Gasteiger partial charge >= 0.3 is 5.97 Å². The predicted octanol–water partition coefficient (Wildman–Crippen LogP) is 4.30. The fourth-order valence-electron chi connectivity index (χ4n) is 3.36. The number of carbonyl (C=O) groups is 2. The summed E-state index contributed by atoms with van der Waals surface area (Å²) < 4.78 is 6.93. The fraction of sp³-hybridized carbons (Fsp3) is 0.348. The van der Waals surface area contributed by atoms with Gasteiger partial charge in [-0.3, -0.25) is 14.4 Å². The molecule has 0 spiro atoms. The lowest BCUT2D eigenvalue weighted by atomic mass is 10.00. The number of carbonyl (C=O) groups excluding carboxylic acids is 2. The van der Waals surface area contributed by atoms with E-state index in [1.807, 2.05) is 41.8 Å². The van der Waals surface area contributed by atoms with E-state index in [-0.39, 0.29) is 18.2 Å². The number of aryl methyl sites for hydroxylation is 2. The molecule has 3 heterocycles. The van der Waals surface area contributed by atoms with E-state index in [0.717, 1.165) is 27.7 Å². The third kappa shape index (κ3) is 4.64. The third-order valence-electron chi connectivity index (χ3n) is 4.87. The molecule has 3 aromatic rings. The minimum Gasteiger partial charge on any atom is -0.469 e. The summed E-state index contributed by atoms with van der Waals surface area (Å²) in [6.07, 6.45) is 0.123. The Morgan fingerprint density at radius 2 is 1.74 bits per heavy atom. The van der Waals surface area contributed by atoms with Gasteiger partial charge in [0.15, 0.2) is 5.82 Å². The molecule has 1 atom stereocenters. The van der Waals surface area contributed by atoms with Crippen molar-refractivity contribution in [2.75, 3.05) is 7.11 Å². The molecule has 1 aliphatic rings. The van der Waals surface area contributed by atoms with E-state index in [1.54, 1.807) is 11.3 Å². The van der Waals surface area contributed by atoms with E-state index >= 15 is 0 Å². The number of ether oxygens (including phenoxy) is 1. The SMILES string of the molecule is CC(C)=O.COC(=O)C[C@@H]1N=C(c2ccccc2)c2c(sc(C)c2C)-n2c(C)nnc21. The van der Waals surface area contributed by atoms with Gasteiger partial charge in [-0.1, -0.05) is 30.3 Å². The van der Waals surface area contributed by atoms with Gasteiger partial charge in [0.05, 0.1) is 19.2 Å². The smallest absolute Gasteiger partial charge is 0.308 e. The zero-order valence-corrected chi connectivity index (χ0v) is 19.4. The van der Waals surface area contributed by atoms with E-state index < -0.39 is 6.04 Å². The summed E-state index contributed by atoms with van der Waals surface area (Å²) >= 11 is 1.70. The molecule has 7 nitrogen and oxygen atoms in total. The van der Waals surface area contributed by atoms with E-state index in [2.05, 4.69) is 24.0 Å². The zero-order chi connectivity index (χ0) is 22.7. The Bertz CT molecular complexity index is 1140. The van der Waals surface area contributed by atoms with Crippen molar-refractivity contribution < 1.29 is 14.3 Å². The number of hydrogen-bond donors (Lipinski definition) is 0. The number of aliphatic imine (C=N–C) groups is 1. The number of fused-ring (bicyclic) bond motifs is 3. The van der Waals surface area contributed by atoms with Crippen LogP contribution in [-0.4, -0.2) is 39.3 Å². The van der Waals surface area contributed by atoms with Gasteiger partial charge in [0.25, 0.3) is 0 Å². The standard InChI is InChI=1S/C20H20N4O2S.C3H6O/c1-11-12(2)27-20-17(11)18(14-8-6-5-7-9-14)21-15(10-16(25)26-4)19-23-22-13(3)24(19)20;1-3(2)4/h5-9,15H,10H2,1-4H3;1-2H3/t15-;/m0./s1. The van der Waals surface area contributed by atoms with Gasteiger partial charge in [0.1, 0.15) is 22.7 Å². The van der Waals surface area contributed by atoms with E-state index in [9.17, 15) is 9.59 Å². The summed E-state index contributed by atoms with van der Waals surface area (Å²) in [6, 6.07) is 9.62. The number of methoxy groups -OCH3 is 1. The molecule has 0 amide bonds. The highest BCUT2D eigenvalue weighted by atomic mass is 32.1. The maximum atomic E-state index is 12.0. The second-order valence-corrected chi connectivity index (χ2v) is 8.66. The molecule has 0 N–H and O–H groups in total. The summed E-state index contributed by atoms with van der Waals surface area (Å²) in [5, 5.41) is 9.67. The number of benzene rings is 1. The molecule has 8 heteroatoms. The molecule has 0 saturated carbocycles. The van der Waals surface area contributed by atoms with Crippen molar-refractivity contribution in [1.29, 1.82) is 0 Å². The van der Waals surface area contributed by atoms with Crippen LogP contribution in [0.5, 0.6) is 0 Å². The minimum absolute atomic E-state index is 0.123. The molecular weight excluding hydrogens is 412 g/mol. The molecule has 0 saturated heterocycles. The van der Waals surface area contributed by atoms with Crippen LogP contribution < -0.4 is 0 Å². The number of Topliss-reactive ketones (excluding diaryl/α,β-unsaturated/α-hetero) is 1. The van der Waals surface area contributed by atoms with Gasteiger partial charge in [-0.2, -0.15) is 0 Å². The van der Waals surface area contributed by atoms with Crippen molar-refractivity contribution in [3.8, 4) is 5.00 Å². The molecule has 4 rings (SSSR count). The van der Waals surface area contributed by atoms with Crippen LogP contribution in [0.25, 0.3) is 5.00 Å². The number of aromatic nitrogens is 3. The molecular formula is C23H26N4O3S. The number of ketones is 1. The molecule has 2 aromatic heterocycles. The van der Waals surface area contributed by atoms with Crippen molar-refractivity contribution in [1.82, 2.24) is 14.8 Å². The molecule has 31 heavy (non-hydrogen) atoms. The van der Waals surface area contributed by atoms with Crippen LogP contribution in [0.1, 0.15) is 59.5 Å². The van der Waals surface area contributed by atoms with Gasteiger partial charge < -0.3 is 9.53 Å². The van der Waals surface area contributed by atoms with E-state index in [0.29, 0.717) is 5.82 Å². The van der Waals surface area contributed by atoms with Crippen molar-refractivity contribution in [2.45, 2.75) is 47.1 Å². The second-order valence-electron chi connectivity index (χ2n) is 7.45. The molecule has 0 fully saturated rings. The number of rotatable bonds is 3. The summed E-state index contributed by atoms with van der Waals surface area (Å²) in [4.78, 5) is 27.7. The first kappa shape index (κ1) is 22.6. The highest BCUT2D eigenvalue weighted by molar-refractivity contribution is 7.15. The number of nitrogens with zero attached hydrogens (tertiary/aromatic N) is 4. The van der Waals surface area contributed by atoms with Crippen molar-refractivity contribution in [3.05, 3.63) is 63.5 Å². The minimum atomic E-state index is -0.451. The first-order valence-corrected chi connectivity index (χ1v) is 10.8. The quantitative estimate of drug-likeness (QED) is 0.569. The molecule has 0 aliphatic carbocycles. The lowest BCUT2D eigenvalue weighted by molar-refractivity contribution is -0.141. The Hall–Kier alpha value is -3.13. The predicted molar refractivity (Wildman–Crippen MR) is 121 cm³/mol. The van der Waals surface area contributed by atoms with Crippen LogP contribution in [0.15, 0.2) is 35.3 Å². The number of hydrogen-bond acceptors (Lipinski definition) is 7. The first-order valence-electron chi connectivity index (χ1n) is 9.94. The molecule has 0 bridgehead atoms. The Morgan fingerprint density at radius 3 is 2.35 bits per heavy atom. The topological polar surface area (TPSA) is 86.4 Å². The highest BCUT2D eigenvalue weighted by Crippen LogP contribution is 2.39.